The maximum atomic E-state index is 14.3. The number of ether oxygens (including phenoxy) is 2. The number of sulfonamides is 1. The van der Waals surface area contributed by atoms with Crippen LogP contribution in [-0.4, -0.2) is 58.0 Å². The number of nitrogens with one attached hydrogen (secondary N) is 1. The summed E-state index contributed by atoms with van der Waals surface area (Å²) >= 11 is 0. The third kappa shape index (κ3) is 8.31. The third-order valence-electron chi connectivity index (χ3n) is 7.54. The Morgan fingerprint density at radius 3 is 2.07 bits per heavy atom. The first-order valence-corrected chi connectivity index (χ1v) is 16.3. The van der Waals surface area contributed by atoms with Gasteiger partial charge in [0.2, 0.25) is 11.8 Å². The average Bonchev–Trinajstić information content (AvgIpc) is 2.98. The smallest absolute Gasteiger partial charge is 0.264 e. The number of carbonyl (C=O) groups is 2. The molecule has 0 unspecified atom stereocenters. The fourth-order valence-electron chi connectivity index (χ4n) is 5.10. The molecule has 0 radical (unpaired) electrons. The van der Waals surface area contributed by atoms with Gasteiger partial charge in [-0.2, -0.15) is 0 Å². The van der Waals surface area contributed by atoms with E-state index in [0.717, 1.165) is 33.0 Å². The quantitative estimate of drug-likeness (QED) is 0.253. The fraction of sp³-hybridized carbons (Fsp3) is 0.412. The Bertz CT molecular complexity index is 1550. The Morgan fingerprint density at radius 2 is 1.50 bits per heavy atom. The average molecular weight is 624 g/mol. The van der Waals surface area contributed by atoms with Crippen molar-refractivity contribution >= 4 is 27.5 Å². The molecule has 0 aliphatic rings. The highest BCUT2D eigenvalue weighted by Gasteiger charge is 2.34. The number of hydrogen-bond donors (Lipinski definition) is 1. The SMILES string of the molecule is CC[C@@H](C)NC(=O)[C@@H](CC)N(Cc1cccc(C)c1)C(=O)CN(c1cc(C)cc(C)c1)S(=O)(=O)c1ccc(OC)c(OC)c1. The minimum Gasteiger partial charge on any atom is -0.493 e. The zero-order valence-electron chi connectivity index (χ0n) is 27.0. The summed E-state index contributed by atoms with van der Waals surface area (Å²) in [5, 5.41) is 3.00. The van der Waals surface area contributed by atoms with Crippen molar-refractivity contribution in [3.05, 3.63) is 82.9 Å². The summed E-state index contributed by atoms with van der Waals surface area (Å²) in [4.78, 5) is 29.3. The molecule has 0 aliphatic heterocycles. The van der Waals surface area contributed by atoms with E-state index >= 15 is 0 Å². The van der Waals surface area contributed by atoms with E-state index in [4.69, 9.17) is 9.47 Å². The van der Waals surface area contributed by atoms with Gasteiger partial charge in [-0.1, -0.05) is 49.7 Å². The van der Waals surface area contributed by atoms with Crippen LogP contribution < -0.4 is 19.1 Å². The summed E-state index contributed by atoms with van der Waals surface area (Å²) in [6, 6.07) is 16.6. The predicted molar refractivity (Wildman–Crippen MR) is 174 cm³/mol. The second-order valence-corrected chi connectivity index (χ2v) is 13.0. The Morgan fingerprint density at radius 1 is 0.841 bits per heavy atom. The zero-order chi connectivity index (χ0) is 32.6. The first-order chi connectivity index (χ1) is 20.8. The van der Waals surface area contributed by atoms with Crippen LogP contribution >= 0.6 is 0 Å². The summed E-state index contributed by atoms with van der Waals surface area (Å²) in [6.45, 7) is 11.1. The van der Waals surface area contributed by atoms with Crippen molar-refractivity contribution in [2.24, 2.45) is 0 Å². The molecule has 3 aromatic rings. The molecule has 3 aromatic carbocycles. The second-order valence-electron chi connectivity index (χ2n) is 11.1. The molecule has 0 aliphatic carbocycles. The summed E-state index contributed by atoms with van der Waals surface area (Å²) in [7, 11) is -1.38. The number of rotatable bonds is 14. The van der Waals surface area contributed by atoms with Gasteiger partial charge in [0.25, 0.3) is 10.0 Å². The maximum absolute atomic E-state index is 14.3. The zero-order valence-corrected chi connectivity index (χ0v) is 27.8. The van der Waals surface area contributed by atoms with Crippen LogP contribution in [0, 0.1) is 20.8 Å². The van der Waals surface area contributed by atoms with Gasteiger partial charge in [0, 0.05) is 18.7 Å². The number of aryl methyl sites for hydroxylation is 3. The molecule has 3 rings (SSSR count). The minimum absolute atomic E-state index is 0.0612. The summed E-state index contributed by atoms with van der Waals surface area (Å²) in [6.07, 6.45) is 1.09. The van der Waals surface area contributed by atoms with Crippen LogP contribution in [0.25, 0.3) is 0 Å². The van der Waals surface area contributed by atoms with Gasteiger partial charge in [-0.3, -0.25) is 13.9 Å². The van der Waals surface area contributed by atoms with Gasteiger partial charge in [0.15, 0.2) is 11.5 Å². The highest BCUT2D eigenvalue weighted by molar-refractivity contribution is 7.92. The van der Waals surface area contributed by atoms with Crippen molar-refractivity contribution in [3.8, 4) is 11.5 Å². The normalized spacial score (nSPS) is 12.6. The van der Waals surface area contributed by atoms with E-state index in [2.05, 4.69) is 5.32 Å². The highest BCUT2D eigenvalue weighted by atomic mass is 32.2. The van der Waals surface area contributed by atoms with Crippen molar-refractivity contribution in [2.75, 3.05) is 25.1 Å². The molecule has 10 heteroatoms. The predicted octanol–water partition coefficient (Wildman–Crippen LogP) is 5.55. The lowest BCUT2D eigenvalue weighted by Gasteiger charge is -2.34. The topological polar surface area (TPSA) is 105 Å². The standard InChI is InChI=1S/C34H45N3O6S/c1-9-26(6)35-34(39)30(10-2)36(21-27-13-11-12-23(3)17-27)33(38)22-37(28-18-24(4)16-25(5)19-28)44(40,41)29-14-15-31(42-7)32(20-29)43-8/h11-20,26,30H,9-10,21-22H2,1-8H3,(H,35,39)/t26-,30-/m1/s1. The van der Waals surface area contributed by atoms with Crippen LogP contribution in [0.2, 0.25) is 0 Å². The highest BCUT2D eigenvalue weighted by Crippen LogP contribution is 2.33. The minimum atomic E-state index is -4.28. The molecule has 2 atom stereocenters. The summed E-state index contributed by atoms with van der Waals surface area (Å²) in [5.41, 5.74) is 3.89. The lowest BCUT2D eigenvalue weighted by atomic mass is 10.1. The number of hydrogen-bond acceptors (Lipinski definition) is 6. The molecule has 0 bridgehead atoms. The number of benzene rings is 3. The van der Waals surface area contributed by atoms with Gasteiger partial charge in [-0.05, 0) is 81.5 Å². The number of amides is 2. The van der Waals surface area contributed by atoms with Gasteiger partial charge in [0.1, 0.15) is 12.6 Å². The monoisotopic (exact) mass is 623 g/mol. The van der Waals surface area contributed by atoms with Crippen LogP contribution in [0.5, 0.6) is 11.5 Å². The lowest BCUT2D eigenvalue weighted by molar-refractivity contribution is -0.140. The first-order valence-electron chi connectivity index (χ1n) is 14.8. The molecule has 0 spiro atoms. The molecule has 0 heterocycles. The molecule has 1 N–H and O–H groups in total. The third-order valence-corrected chi connectivity index (χ3v) is 9.31. The van der Waals surface area contributed by atoms with E-state index in [1.54, 1.807) is 12.1 Å². The van der Waals surface area contributed by atoms with Gasteiger partial charge < -0.3 is 19.7 Å². The lowest BCUT2D eigenvalue weighted by Crippen LogP contribution is -2.53. The fourth-order valence-corrected chi connectivity index (χ4v) is 6.51. The Labute approximate surface area is 262 Å². The van der Waals surface area contributed by atoms with Crippen LogP contribution in [-0.2, 0) is 26.2 Å². The van der Waals surface area contributed by atoms with E-state index in [9.17, 15) is 18.0 Å². The molecule has 0 aromatic heterocycles. The van der Waals surface area contributed by atoms with Crippen LogP contribution in [0.1, 0.15) is 55.9 Å². The van der Waals surface area contributed by atoms with Crippen molar-refractivity contribution in [3.63, 3.8) is 0 Å². The van der Waals surface area contributed by atoms with Crippen molar-refractivity contribution < 1.29 is 27.5 Å². The van der Waals surface area contributed by atoms with E-state index in [1.165, 1.54) is 37.3 Å². The van der Waals surface area contributed by atoms with Gasteiger partial charge in [0.05, 0.1) is 24.8 Å². The first kappa shape index (κ1) is 34.4. The van der Waals surface area contributed by atoms with Crippen LogP contribution in [0.3, 0.4) is 0 Å². The van der Waals surface area contributed by atoms with E-state index in [0.29, 0.717) is 17.9 Å². The summed E-state index contributed by atoms with van der Waals surface area (Å²) < 4.78 is 40.4. The Kier molecular flexibility index (Phi) is 11.8. The van der Waals surface area contributed by atoms with Crippen LogP contribution in [0.15, 0.2) is 65.6 Å². The molecular formula is C34H45N3O6S. The number of carbonyl (C=O) groups excluding carboxylic acids is 2. The van der Waals surface area contributed by atoms with Crippen LogP contribution in [0.4, 0.5) is 5.69 Å². The maximum Gasteiger partial charge on any atom is 0.264 e. The molecular weight excluding hydrogens is 578 g/mol. The van der Waals surface area contributed by atoms with E-state index < -0.39 is 28.5 Å². The molecule has 0 saturated carbocycles. The van der Waals surface area contributed by atoms with Crippen molar-refractivity contribution in [1.82, 2.24) is 10.2 Å². The van der Waals surface area contributed by atoms with Gasteiger partial charge in [-0.25, -0.2) is 8.42 Å². The summed E-state index contributed by atoms with van der Waals surface area (Å²) in [5.74, 6) is -0.151. The molecule has 0 fully saturated rings. The second kappa shape index (κ2) is 15.1. The number of anilines is 1. The molecule has 2 amide bonds. The molecule has 9 nitrogen and oxygen atoms in total. The van der Waals surface area contributed by atoms with Gasteiger partial charge >= 0.3 is 0 Å². The Balaban J connectivity index is 2.14. The largest absolute Gasteiger partial charge is 0.493 e. The Hall–Kier alpha value is -4.05. The number of methoxy groups -OCH3 is 2. The van der Waals surface area contributed by atoms with Crippen molar-refractivity contribution in [1.29, 1.82) is 0 Å². The van der Waals surface area contributed by atoms with Crippen molar-refractivity contribution in [2.45, 2.75) is 77.9 Å². The molecule has 0 saturated heterocycles. The van der Waals surface area contributed by atoms with E-state index in [-0.39, 0.29) is 29.1 Å². The van der Waals surface area contributed by atoms with Gasteiger partial charge in [-0.15, -0.1) is 0 Å². The van der Waals surface area contributed by atoms with E-state index in [1.807, 2.05) is 71.9 Å². The number of nitrogens with zero attached hydrogens (tertiary/aromatic N) is 2. The molecule has 44 heavy (non-hydrogen) atoms. The molecule has 238 valence electrons.